The summed E-state index contributed by atoms with van der Waals surface area (Å²) in [5.41, 5.74) is 1.64. The van der Waals surface area contributed by atoms with E-state index in [2.05, 4.69) is 53.9 Å². The number of hydrogen-bond acceptors (Lipinski definition) is 3. The van der Waals surface area contributed by atoms with Crippen molar-refractivity contribution in [2.75, 3.05) is 19.6 Å². The molecular weight excluding hydrogens is 236 g/mol. The molecule has 1 aromatic heterocycles. The molecular formula is C15H26N4. The Hall–Kier alpha value is -0.870. The topological polar surface area (TPSA) is 33.1 Å². The van der Waals surface area contributed by atoms with Crippen molar-refractivity contribution in [3.05, 3.63) is 18.0 Å². The first kappa shape index (κ1) is 13.1. The summed E-state index contributed by atoms with van der Waals surface area (Å²) in [4.78, 5) is 2.64. The summed E-state index contributed by atoms with van der Waals surface area (Å²) in [7, 11) is 0. The molecule has 4 heteroatoms. The summed E-state index contributed by atoms with van der Waals surface area (Å²) in [6, 6.07) is 0.448. The van der Waals surface area contributed by atoms with Gasteiger partial charge in [-0.1, -0.05) is 0 Å². The Morgan fingerprint density at radius 3 is 2.84 bits per heavy atom. The lowest BCUT2D eigenvalue weighted by molar-refractivity contribution is 0.132. The highest BCUT2D eigenvalue weighted by Gasteiger charge is 2.49. The van der Waals surface area contributed by atoms with Gasteiger partial charge in [0.2, 0.25) is 0 Å². The van der Waals surface area contributed by atoms with Gasteiger partial charge in [0.05, 0.1) is 6.20 Å². The summed E-state index contributed by atoms with van der Waals surface area (Å²) in [5.74, 6) is 1.63. The predicted octanol–water partition coefficient (Wildman–Crippen LogP) is 1.89. The number of likely N-dealkylation sites (tertiary alicyclic amines) is 1. The second kappa shape index (κ2) is 4.60. The van der Waals surface area contributed by atoms with Gasteiger partial charge in [-0.25, -0.2) is 0 Å². The Morgan fingerprint density at radius 1 is 1.42 bits per heavy atom. The molecule has 19 heavy (non-hydrogen) atoms. The maximum Gasteiger partial charge on any atom is 0.0534 e. The van der Waals surface area contributed by atoms with Gasteiger partial charge in [-0.15, -0.1) is 0 Å². The van der Waals surface area contributed by atoms with E-state index in [0.717, 1.165) is 18.4 Å². The normalized spacial score (nSPS) is 30.2. The number of fused-ring (bicyclic) bond motifs is 1. The first-order chi connectivity index (χ1) is 8.98. The van der Waals surface area contributed by atoms with Crippen molar-refractivity contribution >= 4 is 0 Å². The second-order valence-electron chi connectivity index (χ2n) is 6.98. The fourth-order valence-corrected chi connectivity index (χ4v) is 3.73. The van der Waals surface area contributed by atoms with Gasteiger partial charge >= 0.3 is 0 Å². The van der Waals surface area contributed by atoms with Crippen molar-refractivity contribution in [1.82, 2.24) is 20.0 Å². The lowest BCUT2D eigenvalue weighted by Crippen LogP contribution is -2.43. The summed E-state index contributed by atoms with van der Waals surface area (Å²) in [5, 5.41) is 8.00. The van der Waals surface area contributed by atoms with E-state index in [4.69, 9.17) is 0 Å². The van der Waals surface area contributed by atoms with Gasteiger partial charge in [-0.2, -0.15) is 5.10 Å². The lowest BCUT2D eigenvalue weighted by atomic mass is 9.85. The van der Waals surface area contributed by atoms with Crippen molar-refractivity contribution in [2.45, 2.75) is 45.8 Å². The summed E-state index contributed by atoms with van der Waals surface area (Å²) >= 11 is 0. The average molecular weight is 262 g/mol. The van der Waals surface area contributed by atoms with Crippen molar-refractivity contribution in [1.29, 1.82) is 0 Å². The van der Waals surface area contributed by atoms with Crippen LogP contribution in [0.25, 0.3) is 0 Å². The maximum absolute atomic E-state index is 4.46. The highest BCUT2D eigenvalue weighted by atomic mass is 15.3. The smallest absolute Gasteiger partial charge is 0.0534 e. The molecule has 4 nitrogen and oxygen atoms in total. The van der Waals surface area contributed by atoms with Crippen LogP contribution in [0.3, 0.4) is 0 Å². The first-order valence-corrected chi connectivity index (χ1v) is 7.47. The number of nitrogens with one attached hydrogen (secondary N) is 1. The van der Waals surface area contributed by atoms with Crippen molar-refractivity contribution in [3.8, 4) is 0 Å². The van der Waals surface area contributed by atoms with E-state index in [9.17, 15) is 0 Å². The molecule has 1 N–H and O–H groups in total. The second-order valence-corrected chi connectivity index (χ2v) is 6.98. The van der Waals surface area contributed by atoms with E-state index in [0.29, 0.717) is 11.6 Å². The van der Waals surface area contributed by atoms with Crippen LogP contribution in [-0.2, 0) is 6.54 Å². The third kappa shape index (κ3) is 2.21. The van der Waals surface area contributed by atoms with Crippen LogP contribution in [-0.4, -0.2) is 39.9 Å². The van der Waals surface area contributed by atoms with E-state index < -0.39 is 0 Å². The molecule has 0 aliphatic carbocycles. The number of rotatable bonds is 3. The fourth-order valence-electron chi connectivity index (χ4n) is 3.73. The van der Waals surface area contributed by atoms with Gasteiger partial charge in [-0.05, 0) is 46.1 Å². The van der Waals surface area contributed by atoms with E-state index in [-0.39, 0.29) is 0 Å². The van der Waals surface area contributed by atoms with Crippen LogP contribution >= 0.6 is 0 Å². The van der Waals surface area contributed by atoms with Crippen LogP contribution in [0.5, 0.6) is 0 Å². The third-order valence-electron chi connectivity index (χ3n) is 5.07. The lowest BCUT2D eigenvalue weighted by Gasteiger charge is -2.35. The minimum Gasteiger partial charge on any atom is -0.316 e. The Bertz CT molecular complexity index is 449. The third-order valence-corrected chi connectivity index (χ3v) is 5.07. The van der Waals surface area contributed by atoms with E-state index in [1.807, 2.05) is 6.20 Å². The van der Waals surface area contributed by atoms with Crippen LogP contribution in [0.1, 0.15) is 39.3 Å². The molecule has 106 valence electrons. The van der Waals surface area contributed by atoms with Crippen molar-refractivity contribution in [2.24, 2.45) is 11.8 Å². The molecule has 0 spiro atoms. The highest BCUT2D eigenvalue weighted by Crippen LogP contribution is 2.41. The molecule has 2 saturated heterocycles. The summed E-state index contributed by atoms with van der Waals surface area (Å²) in [6.07, 6.45) is 4.23. The van der Waals surface area contributed by atoms with E-state index in [1.54, 1.807) is 0 Å². The molecule has 0 amide bonds. The molecule has 3 heterocycles. The number of hydrogen-bond donors (Lipinski definition) is 1. The van der Waals surface area contributed by atoms with Crippen LogP contribution in [0.4, 0.5) is 0 Å². The van der Waals surface area contributed by atoms with Crippen LogP contribution in [0, 0.1) is 11.8 Å². The number of aromatic nitrogens is 2. The zero-order valence-electron chi connectivity index (χ0n) is 12.6. The van der Waals surface area contributed by atoms with Gasteiger partial charge in [0.1, 0.15) is 0 Å². The van der Waals surface area contributed by atoms with E-state index >= 15 is 0 Å². The van der Waals surface area contributed by atoms with Gasteiger partial charge < -0.3 is 5.32 Å². The minimum atomic E-state index is 0.300. The Labute approximate surface area is 116 Å². The average Bonchev–Trinajstić information content (AvgIpc) is 2.99. The summed E-state index contributed by atoms with van der Waals surface area (Å²) in [6.45, 7) is 13.8. The number of nitrogens with zero attached hydrogens (tertiary/aromatic N) is 3. The van der Waals surface area contributed by atoms with Crippen LogP contribution in [0.2, 0.25) is 0 Å². The largest absolute Gasteiger partial charge is 0.316 e. The monoisotopic (exact) mass is 262 g/mol. The Kier molecular flexibility index (Phi) is 3.18. The van der Waals surface area contributed by atoms with Gasteiger partial charge in [0, 0.05) is 43.0 Å². The van der Waals surface area contributed by atoms with E-state index in [1.165, 1.54) is 25.2 Å². The first-order valence-electron chi connectivity index (χ1n) is 7.47. The fraction of sp³-hybridized carbons (Fsp3) is 0.800. The molecule has 0 radical (unpaired) electrons. The predicted molar refractivity (Wildman–Crippen MR) is 77.0 cm³/mol. The van der Waals surface area contributed by atoms with Gasteiger partial charge in [0.15, 0.2) is 0 Å². The van der Waals surface area contributed by atoms with Gasteiger partial charge in [-0.3, -0.25) is 9.58 Å². The quantitative estimate of drug-likeness (QED) is 0.903. The molecule has 2 atom stereocenters. The zero-order chi connectivity index (χ0) is 13.6. The molecule has 0 bridgehead atoms. The molecule has 2 aliphatic rings. The Morgan fingerprint density at radius 2 is 2.21 bits per heavy atom. The van der Waals surface area contributed by atoms with Crippen LogP contribution in [0.15, 0.2) is 12.4 Å². The highest BCUT2D eigenvalue weighted by molar-refractivity contribution is 5.10. The standard InChI is InChI=1S/C15H26N4/c1-11(2)19-9-12(5-17-19)8-18-10-13-6-16-7-14(13)15(18,3)4/h5,9,11,13-14,16H,6-8,10H2,1-4H3. The maximum atomic E-state index is 4.46. The summed E-state index contributed by atoms with van der Waals surface area (Å²) < 4.78 is 2.06. The molecule has 3 rings (SSSR count). The zero-order valence-corrected chi connectivity index (χ0v) is 12.6. The molecule has 1 aromatic rings. The molecule has 2 unspecified atom stereocenters. The van der Waals surface area contributed by atoms with Crippen LogP contribution < -0.4 is 5.32 Å². The molecule has 0 saturated carbocycles. The Balaban J connectivity index is 1.72. The molecule has 0 aromatic carbocycles. The van der Waals surface area contributed by atoms with Crippen molar-refractivity contribution < 1.29 is 0 Å². The molecule has 2 fully saturated rings. The van der Waals surface area contributed by atoms with Crippen molar-refractivity contribution in [3.63, 3.8) is 0 Å². The molecule has 2 aliphatic heterocycles. The van der Waals surface area contributed by atoms with Gasteiger partial charge in [0.25, 0.3) is 0 Å². The minimum absolute atomic E-state index is 0.300. The SMILES string of the molecule is CC(C)n1cc(CN2CC3CNCC3C2(C)C)cn1.